The van der Waals surface area contributed by atoms with Gasteiger partial charge in [0.05, 0.1) is 18.7 Å². The summed E-state index contributed by atoms with van der Waals surface area (Å²) in [7, 11) is 0. The van der Waals surface area contributed by atoms with E-state index in [0.717, 1.165) is 11.0 Å². The lowest BCUT2D eigenvalue weighted by Gasteiger charge is -2.33. The first-order chi connectivity index (χ1) is 14.9. The van der Waals surface area contributed by atoms with E-state index in [9.17, 15) is 24.0 Å². The predicted octanol–water partition coefficient (Wildman–Crippen LogP) is 0.683. The van der Waals surface area contributed by atoms with Crippen LogP contribution in [0.4, 0.5) is 4.79 Å². The zero-order valence-electron chi connectivity index (χ0n) is 19.2. The molecule has 0 aromatic carbocycles. The molecule has 1 fully saturated rings. The molecule has 0 aliphatic heterocycles. The van der Waals surface area contributed by atoms with E-state index >= 15 is 0 Å². The molecule has 32 heavy (non-hydrogen) atoms. The van der Waals surface area contributed by atoms with E-state index in [1.54, 1.807) is 27.7 Å². The number of aryl methyl sites for hydroxylation is 1. The minimum Gasteiger partial charge on any atom is -0.465 e. The number of amides is 2. The molecule has 178 valence electrons. The Bertz CT molecular complexity index is 960. The molecule has 11 nitrogen and oxygen atoms in total. The highest BCUT2D eigenvalue weighted by Gasteiger charge is 2.37. The third kappa shape index (κ3) is 6.96. The number of ether oxygens (including phenoxy) is 2. The van der Waals surface area contributed by atoms with Gasteiger partial charge in [-0.25, -0.2) is 9.59 Å². The molecule has 0 bridgehead atoms. The zero-order valence-corrected chi connectivity index (χ0v) is 19.2. The van der Waals surface area contributed by atoms with E-state index < -0.39 is 46.9 Å². The molecular weight excluding hydrogens is 420 g/mol. The van der Waals surface area contributed by atoms with Crippen molar-refractivity contribution in [1.29, 1.82) is 0 Å². The Morgan fingerprint density at radius 1 is 1.25 bits per heavy atom. The number of aromatic amines is 1. The van der Waals surface area contributed by atoms with Crippen molar-refractivity contribution in [1.82, 2.24) is 19.8 Å². The van der Waals surface area contributed by atoms with Crippen LogP contribution in [0.2, 0.25) is 0 Å². The molecule has 1 aliphatic carbocycles. The maximum absolute atomic E-state index is 13.2. The van der Waals surface area contributed by atoms with Crippen LogP contribution < -0.4 is 16.6 Å². The summed E-state index contributed by atoms with van der Waals surface area (Å²) in [4.78, 5) is 64.9. The molecule has 1 aromatic rings. The number of rotatable bonds is 7. The summed E-state index contributed by atoms with van der Waals surface area (Å²) >= 11 is 0. The second-order valence-corrected chi connectivity index (χ2v) is 8.78. The fraction of sp³-hybridized carbons (Fsp3) is 0.667. The number of nitrogens with zero attached hydrogens (tertiary/aromatic N) is 2. The summed E-state index contributed by atoms with van der Waals surface area (Å²) in [5.41, 5.74) is -1.65. The minimum atomic E-state index is -0.722. The quantitative estimate of drug-likeness (QED) is 0.580. The van der Waals surface area contributed by atoms with Crippen molar-refractivity contribution in [2.24, 2.45) is 0 Å². The average Bonchev–Trinajstić information content (AvgIpc) is 3.10. The molecule has 0 radical (unpaired) electrons. The van der Waals surface area contributed by atoms with Crippen LogP contribution in [-0.4, -0.2) is 63.3 Å². The molecule has 2 N–H and O–H groups in total. The summed E-state index contributed by atoms with van der Waals surface area (Å²) in [6.07, 6.45) is 2.59. The Morgan fingerprint density at radius 3 is 2.56 bits per heavy atom. The summed E-state index contributed by atoms with van der Waals surface area (Å²) < 4.78 is 11.4. The number of hydrogen-bond acceptors (Lipinski definition) is 7. The highest BCUT2D eigenvalue weighted by molar-refractivity contribution is 5.82. The van der Waals surface area contributed by atoms with E-state index in [1.807, 2.05) is 0 Å². The highest BCUT2D eigenvalue weighted by Crippen LogP contribution is 2.25. The lowest BCUT2D eigenvalue weighted by molar-refractivity contribution is -0.151. The van der Waals surface area contributed by atoms with Crippen LogP contribution in [0.1, 0.15) is 52.5 Å². The van der Waals surface area contributed by atoms with E-state index in [1.165, 1.54) is 18.0 Å². The number of H-pyrrole nitrogens is 1. The Hall–Kier alpha value is -3.11. The molecule has 2 amide bonds. The Labute approximate surface area is 186 Å². The van der Waals surface area contributed by atoms with Gasteiger partial charge in [0.25, 0.3) is 5.56 Å². The van der Waals surface area contributed by atoms with Gasteiger partial charge in [-0.05, 0) is 53.9 Å². The molecule has 0 saturated heterocycles. The van der Waals surface area contributed by atoms with Gasteiger partial charge in [-0.1, -0.05) is 0 Å². The van der Waals surface area contributed by atoms with Gasteiger partial charge >= 0.3 is 17.8 Å². The normalized spacial score (nSPS) is 18.2. The Balaban J connectivity index is 2.25. The Kier molecular flexibility index (Phi) is 8.23. The van der Waals surface area contributed by atoms with E-state index in [2.05, 4.69) is 10.3 Å². The summed E-state index contributed by atoms with van der Waals surface area (Å²) in [5.74, 6) is -1.09. The van der Waals surface area contributed by atoms with E-state index in [0.29, 0.717) is 12.8 Å². The fourth-order valence-corrected chi connectivity index (χ4v) is 3.65. The van der Waals surface area contributed by atoms with E-state index in [4.69, 9.17) is 9.47 Å². The first-order valence-corrected chi connectivity index (χ1v) is 10.7. The van der Waals surface area contributed by atoms with Gasteiger partial charge in [0, 0.05) is 11.8 Å². The van der Waals surface area contributed by atoms with Crippen molar-refractivity contribution in [2.75, 3.05) is 13.2 Å². The topological polar surface area (TPSA) is 140 Å². The SMILES string of the molecule is CCOC(=O)CN(C(=O)Cn1cc(C)c(=O)[nH]c1=O)[C@H]1CCC[C@H]1NC(=O)OC(C)(C)C. The van der Waals surface area contributed by atoms with Crippen LogP contribution in [0, 0.1) is 6.92 Å². The van der Waals surface area contributed by atoms with Crippen molar-refractivity contribution in [3.05, 3.63) is 32.6 Å². The highest BCUT2D eigenvalue weighted by atomic mass is 16.6. The van der Waals surface area contributed by atoms with Gasteiger partial charge in [-0.2, -0.15) is 0 Å². The molecule has 2 atom stereocenters. The Morgan fingerprint density at radius 2 is 1.94 bits per heavy atom. The summed E-state index contributed by atoms with van der Waals surface area (Å²) in [6, 6.07) is -0.892. The number of alkyl carbamates (subject to hydrolysis) is 1. The third-order valence-electron chi connectivity index (χ3n) is 5.00. The second-order valence-electron chi connectivity index (χ2n) is 8.78. The van der Waals surface area contributed by atoms with E-state index in [-0.39, 0.29) is 25.3 Å². The van der Waals surface area contributed by atoms with Crippen molar-refractivity contribution in [2.45, 2.75) is 78.1 Å². The molecule has 0 spiro atoms. The molecular formula is C21H32N4O7. The van der Waals surface area contributed by atoms with Gasteiger partial charge in [0.15, 0.2) is 0 Å². The zero-order chi connectivity index (χ0) is 24.1. The van der Waals surface area contributed by atoms with Crippen LogP contribution in [0.25, 0.3) is 0 Å². The number of esters is 1. The summed E-state index contributed by atoms with van der Waals surface area (Å²) in [5, 5.41) is 2.79. The van der Waals surface area contributed by atoms with Crippen molar-refractivity contribution in [3.8, 4) is 0 Å². The van der Waals surface area contributed by atoms with Crippen LogP contribution in [0.3, 0.4) is 0 Å². The lowest BCUT2D eigenvalue weighted by Crippen LogP contribution is -2.54. The van der Waals surface area contributed by atoms with Crippen molar-refractivity contribution < 1.29 is 23.9 Å². The molecule has 1 heterocycles. The number of aromatic nitrogens is 2. The fourth-order valence-electron chi connectivity index (χ4n) is 3.65. The first-order valence-electron chi connectivity index (χ1n) is 10.7. The standard InChI is InChI=1S/C21H32N4O7/c1-6-31-17(27)12-25(16(26)11-24-10-13(2)18(28)23-19(24)29)15-9-7-8-14(15)22-20(30)32-21(3,4)5/h10,14-15H,6-9,11-12H2,1-5H3,(H,22,30)(H,23,28,29)/t14-,15+/m1/s1. The second kappa shape index (κ2) is 10.5. The van der Waals surface area contributed by atoms with Gasteiger partial charge in [-0.3, -0.25) is 23.9 Å². The molecule has 2 rings (SSSR count). The number of nitrogens with one attached hydrogen (secondary N) is 2. The molecule has 0 unspecified atom stereocenters. The van der Waals surface area contributed by atoms with Gasteiger partial charge in [0.2, 0.25) is 5.91 Å². The predicted molar refractivity (Wildman–Crippen MR) is 115 cm³/mol. The van der Waals surface area contributed by atoms with Gasteiger partial charge in [-0.15, -0.1) is 0 Å². The van der Waals surface area contributed by atoms with Crippen molar-refractivity contribution in [3.63, 3.8) is 0 Å². The third-order valence-corrected chi connectivity index (χ3v) is 5.00. The smallest absolute Gasteiger partial charge is 0.407 e. The van der Waals surface area contributed by atoms with Crippen molar-refractivity contribution >= 4 is 18.0 Å². The number of carbonyl (C=O) groups excluding carboxylic acids is 3. The van der Waals surface area contributed by atoms with Crippen LogP contribution in [-0.2, 0) is 25.6 Å². The van der Waals surface area contributed by atoms with Gasteiger partial charge < -0.3 is 19.7 Å². The number of carbonyl (C=O) groups is 3. The minimum absolute atomic E-state index is 0.156. The summed E-state index contributed by atoms with van der Waals surface area (Å²) in [6.45, 7) is 7.90. The maximum atomic E-state index is 13.2. The molecule has 1 aromatic heterocycles. The largest absolute Gasteiger partial charge is 0.465 e. The molecule has 11 heteroatoms. The van der Waals surface area contributed by atoms with Crippen LogP contribution in [0.15, 0.2) is 15.8 Å². The van der Waals surface area contributed by atoms with Gasteiger partial charge in [0.1, 0.15) is 18.7 Å². The molecule has 1 aliphatic rings. The number of hydrogen-bond donors (Lipinski definition) is 2. The maximum Gasteiger partial charge on any atom is 0.407 e. The van der Waals surface area contributed by atoms with Crippen LogP contribution >= 0.6 is 0 Å². The monoisotopic (exact) mass is 452 g/mol. The lowest BCUT2D eigenvalue weighted by atomic mass is 10.1. The molecule has 1 saturated carbocycles. The van der Waals surface area contributed by atoms with Crippen LogP contribution in [0.5, 0.6) is 0 Å². The first kappa shape index (κ1) is 25.2. The average molecular weight is 453 g/mol.